The Morgan fingerprint density at radius 3 is 2.68 bits per heavy atom. The van der Waals surface area contributed by atoms with Crippen LogP contribution >= 0.6 is 0 Å². The van der Waals surface area contributed by atoms with E-state index in [1.54, 1.807) is 6.92 Å². The number of ether oxygens (including phenoxy) is 1. The molecule has 1 atom stereocenters. The average molecular weight is 307 g/mol. The third kappa shape index (κ3) is 3.97. The van der Waals surface area contributed by atoms with Crippen molar-refractivity contribution in [3.05, 3.63) is 33.4 Å². The van der Waals surface area contributed by atoms with Crippen LogP contribution in [0.1, 0.15) is 67.1 Å². The fourth-order valence-electron chi connectivity index (χ4n) is 2.82. The Kier molecular flexibility index (Phi) is 5.77. The van der Waals surface area contributed by atoms with Crippen LogP contribution in [0.2, 0.25) is 0 Å². The molecule has 1 aromatic heterocycles. The number of hydrogen-bond acceptors (Lipinski definition) is 4. The van der Waals surface area contributed by atoms with Crippen molar-refractivity contribution in [2.45, 2.75) is 58.4 Å². The first-order valence-corrected chi connectivity index (χ1v) is 8.06. The molecule has 22 heavy (non-hydrogen) atoms. The van der Waals surface area contributed by atoms with Crippen LogP contribution in [0, 0.1) is 6.92 Å². The molecular formula is C17H25NO4. The van der Waals surface area contributed by atoms with E-state index in [0.717, 1.165) is 25.7 Å². The Morgan fingerprint density at radius 1 is 1.41 bits per heavy atom. The molecule has 5 nitrogen and oxygen atoms in total. The quantitative estimate of drug-likeness (QED) is 0.908. The lowest BCUT2D eigenvalue weighted by molar-refractivity contribution is 0.0694. The van der Waals surface area contributed by atoms with Crippen molar-refractivity contribution < 1.29 is 13.9 Å². The van der Waals surface area contributed by atoms with Gasteiger partial charge in [-0.05, 0) is 37.8 Å². The molecule has 1 saturated heterocycles. The van der Waals surface area contributed by atoms with Crippen molar-refractivity contribution >= 4 is 5.91 Å². The van der Waals surface area contributed by atoms with Gasteiger partial charge in [0, 0.05) is 25.2 Å². The van der Waals surface area contributed by atoms with Crippen molar-refractivity contribution in [2.24, 2.45) is 0 Å². The molecule has 1 amide bonds. The molecule has 1 fully saturated rings. The standard InChI is InChI=1S/C17H25NO4/c1-4-5-11(2)14-10-12(3)15(17(20)22-14)16(19)18-13-6-8-21-9-7-13/h10-11,13H,4-9H2,1-3H3,(H,18,19). The lowest BCUT2D eigenvalue weighted by Gasteiger charge is -2.23. The Balaban J connectivity index is 2.16. The summed E-state index contributed by atoms with van der Waals surface area (Å²) in [6.07, 6.45) is 3.54. The van der Waals surface area contributed by atoms with Gasteiger partial charge in [-0.1, -0.05) is 20.3 Å². The van der Waals surface area contributed by atoms with E-state index >= 15 is 0 Å². The number of carbonyl (C=O) groups is 1. The topological polar surface area (TPSA) is 68.5 Å². The predicted molar refractivity (Wildman–Crippen MR) is 84.3 cm³/mol. The molecule has 0 saturated carbocycles. The molecule has 0 spiro atoms. The zero-order chi connectivity index (χ0) is 16.1. The Bertz CT molecular complexity index is 573. The van der Waals surface area contributed by atoms with Gasteiger partial charge in [0.05, 0.1) is 0 Å². The van der Waals surface area contributed by atoms with Crippen LogP contribution in [0.25, 0.3) is 0 Å². The maximum Gasteiger partial charge on any atom is 0.349 e. The average Bonchev–Trinajstić information content (AvgIpc) is 2.47. The minimum absolute atomic E-state index is 0.0683. The summed E-state index contributed by atoms with van der Waals surface area (Å²) in [5.41, 5.74) is 0.264. The molecule has 1 N–H and O–H groups in total. The molecule has 2 heterocycles. The molecule has 1 unspecified atom stereocenters. The molecule has 122 valence electrons. The van der Waals surface area contributed by atoms with Gasteiger partial charge in [0.1, 0.15) is 11.3 Å². The number of aryl methyl sites for hydroxylation is 1. The summed E-state index contributed by atoms with van der Waals surface area (Å²) in [6.45, 7) is 7.20. The van der Waals surface area contributed by atoms with Crippen LogP contribution in [0.5, 0.6) is 0 Å². The lowest BCUT2D eigenvalue weighted by atomic mass is 10.00. The van der Waals surface area contributed by atoms with Gasteiger partial charge < -0.3 is 14.5 Å². The second-order valence-electron chi connectivity index (χ2n) is 6.04. The Morgan fingerprint density at radius 2 is 2.09 bits per heavy atom. The molecule has 1 aromatic rings. The number of amides is 1. The number of carbonyl (C=O) groups excluding carboxylic acids is 1. The Labute approximate surface area is 131 Å². The highest BCUT2D eigenvalue weighted by Crippen LogP contribution is 2.21. The first-order valence-electron chi connectivity index (χ1n) is 8.06. The van der Waals surface area contributed by atoms with Crippen molar-refractivity contribution in [3.63, 3.8) is 0 Å². The van der Waals surface area contributed by atoms with Gasteiger partial charge in [-0.2, -0.15) is 0 Å². The highest BCUT2D eigenvalue weighted by molar-refractivity contribution is 5.95. The molecule has 2 rings (SSSR count). The number of hydrogen-bond donors (Lipinski definition) is 1. The van der Waals surface area contributed by atoms with Crippen molar-refractivity contribution in [1.82, 2.24) is 5.32 Å². The fraction of sp³-hybridized carbons (Fsp3) is 0.647. The van der Waals surface area contributed by atoms with E-state index in [0.29, 0.717) is 24.5 Å². The van der Waals surface area contributed by atoms with Gasteiger partial charge in [-0.15, -0.1) is 0 Å². The zero-order valence-corrected chi connectivity index (χ0v) is 13.6. The normalized spacial score (nSPS) is 17.2. The maximum absolute atomic E-state index is 12.3. The zero-order valence-electron chi connectivity index (χ0n) is 13.6. The smallest absolute Gasteiger partial charge is 0.349 e. The van der Waals surface area contributed by atoms with E-state index in [1.807, 2.05) is 13.0 Å². The summed E-state index contributed by atoms with van der Waals surface area (Å²) in [6, 6.07) is 1.89. The van der Waals surface area contributed by atoms with E-state index in [4.69, 9.17) is 9.15 Å². The molecule has 0 bridgehead atoms. The summed E-state index contributed by atoms with van der Waals surface area (Å²) >= 11 is 0. The van der Waals surface area contributed by atoms with E-state index in [9.17, 15) is 9.59 Å². The second-order valence-corrected chi connectivity index (χ2v) is 6.04. The minimum Gasteiger partial charge on any atom is -0.427 e. The van der Waals surface area contributed by atoms with E-state index < -0.39 is 5.63 Å². The highest BCUT2D eigenvalue weighted by Gasteiger charge is 2.22. The monoisotopic (exact) mass is 307 g/mol. The van der Waals surface area contributed by atoms with Gasteiger partial charge in [-0.25, -0.2) is 4.79 Å². The number of nitrogens with one attached hydrogen (secondary N) is 1. The van der Waals surface area contributed by atoms with E-state index in [2.05, 4.69) is 12.2 Å². The summed E-state index contributed by atoms with van der Waals surface area (Å²) in [5, 5.41) is 2.91. The van der Waals surface area contributed by atoms with Gasteiger partial charge >= 0.3 is 5.63 Å². The fourth-order valence-corrected chi connectivity index (χ4v) is 2.82. The molecule has 1 aliphatic heterocycles. The lowest BCUT2D eigenvalue weighted by Crippen LogP contribution is -2.40. The maximum atomic E-state index is 12.3. The summed E-state index contributed by atoms with van der Waals surface area (Å²) < 4.78 is 10.6. The van der Waals surface area contributed by atoms with E-state index in [1.165, 1.54) is 0 Å². The molecular weight excluding hydrogens is 282 g/mol. The Hall–Kier alpha value is -1.62. The van der Waals surface area contributed by atoms with Gasteiger partial charge in [0.25, 0.3) is 5.91 Å². The van der Waals surface area contributed by atoms with Crippen LogP contribution < -0.4 is 10.9 Å². The van der Waals surface area contributed by atoms with E-state index in [-0.39, 0.29) is 23.4 Å². The molecule has 0 radical (unpaired) electrons. The molecule has 0 aliphatic carbocycles. The third-order valence-electron chi connectivity index (χ3n) is 4.16. The number of rotatable bonds is 5. The predicted octanol–water partition coefficient (Wildman–Crippen LogP) is 2.76. The van der Waals surface area contributed by atoms with Crippen LogP contribution in [0.3, 0.4) is 0 Å². The third-order valence-corrected chi connectivity index (χ3v) is 4.16. The molecule has 5 heteroatoms. The van der Waals surface area contributed by atoms with Crippen LogP contribution in [0.15, 0.2) is 15.3 Å². The molecule has 1 aliphatic rings. The van der Waals surface area contributed by atoms with Crippen molar-refractivity contribution in [1.29, 1.82) is 0 Å². The first kappa shape index (κ1) is 16.7. The van der Waals surface area contributed by atoms with Gasteiger partial charge in [0.2, 0.25) is 0 Å². The van der Waals surface area contributed by atoms with Gasteiger partial charge in [-0.3, -0.25) is 4.79 Å². The van der Waals surface area contributed by atoms with Crippen LogP contribution in [-0.4, -0.2) is 25.2 Å². The SMILES string of the molecule is CCCC(C)c1cc(C)c(C(=O)NC2CCOCC2)c(=O)o1. The highest BCUT2D eigenvalue weighted by atomic mass is 16.5. The summed E-state index contributed by atoms with van der Waals surface area (Å²) in [5.74, 6) is 0.504. The largest absolute Gasteiger partial charge is 0.427 e. The molecule has 0 aromatic carbocycles. The van der Waals surface area contributed by atoms with Gasteiger partial charge in [0.15, 0.2) is 0 Å². The first-order chi connectivity index (χ1) is 10.5. The minimum atomic E-state index is -0.539. The van der Waals surface area contributed by atoms with Crippen LogP contribution in [-0.2, 0) is 4.74 Å². The summed E-state index contributed by atoms with van der Waals surface area (Å²) in [4.78, 5) is 24.6. The van der Waals surface area contributed by atoms with Crippen molar-refractivity contribution in [3.8, 4) is 0 Å². The van der Waals surface area contributed by atoms with Crippen LogP contribution in [0.4, 0.5) is 0 Å². The summed E-state index contributed by atoms with van der Waals surface area (Å²) in [7, 11) is 0. The van der Waals surface area contributed by atoms with Crippen molar-refractivity contribution in [2.75, 3.05) is 13.2 Å². The second kappa shape index (κ2) is 7.58.